The predicted molar refractivity (Wildman–Crippen MR) is 60.3 cm³/mol. The molecular weight excluding hydrogens is 204 g/mol. The van der Waals surface area contributed by atoms with Crippen molar-refractivity contribution in [3.8, 4) is 17.0 Å². The molecule has 1 aromatic carbocycles. The minimum absolute atomic E-state index is 0.0550. The van der Waals surface area contributed by atoms with Crippen molar-refractivity contribution in [2.24, 2.45) is 7.05 Å². The smallest absolute Gasteiger partial charge is 0.180 e. The standard InChI is InChI=1S/C12H12N2O2/c1-8(15)11-7-12(14(2)13-11)9-3-5-10(16)6-4-9/h3-7,16H,1-2H3. The van der Waals surface area contributed by atoms with Gasteiger partial charge >= 0.3 is 0 Å². The number of aryl methyl sites for hydroxylation is 1. The number of phenols is 1. The maximum atomic E-state index is 11.2. The molecule has 4 heteroatoms. The minimum Gasteiger partial charge on any atom is -0.508 e. The molecule has 0 aliphatic heterocycles. The minimum atomic E-state index is -0.0550. The number of phenolic OH excluding ortho intramolecular Hbond substituents is 1. The number of benzene rings is 1. The SMILES string of the molecule is CC(=O)c1cc(-c2ccc(O)cc2)n(C)n1. The molecule has 0 radical (unpaired) electrons. The van der Waals surface area contributed by atoms with E-state index in [1.807, 2.05) is 0 Å². The summed E-state index contributed by atoms with van der Waals surface area (Å²) in [7, 11) is 1.79. The Balaban J connectivity index is 2.47. The Morgan fingerprint density at radius 2 is 1.94 bits per heavy atom. The van der Waals surface area contributed by atoms with Crippen LogP contribution in [0.25, 0.3) is 11.3 Å². The first kappa shape index (κ1) is 10.4. The van der Waals surface area contributed by atoms with Gasteiger partial charge in [-0.05, 0) is 30.3 Å². The van der Waals surface area contributed by atoms with Crippen LogP contribution in [0.1, 0.15) is 17.4 Å². The second-order valence-corrected chi connectivity index (χ2v) is 3.64. The van der Waals surface area contributed by atoms with Crippen molar-refractivity contribution < 1.29 is 9.90 Å². The van der Waals surface area contributed by atoms with Crippen LogP contribution in [0.3, 0.4) is 0 Å². The molecule has 2 aromatic rings. The van der Waals surface area contributed by atoms with Gasteiger partial charge in [-0.3, -0.25) is 9.48 Å². The van der Waals surface area contributed by atoms with Crippen LogP contribution in [0.4, 0.5) is 0 Å². The van der Waals surface area contributed by atoms with Crippen molar-refractivity contribution in [3.05, 3.63) is 36.0 Å². The topological polar surface area (TPSA) is 55.1 Å². The summed E-state index contributed by atoms with van der Waals surface area (Å²) in [5.41, 5.74) is 2.22. The third-order valence-corrected chi connectivity index (χ3v) is 2.40. The Morgan fingerprint density at radius 1 is 1.31 bits per heavy atom. The number of aromatic nitrogens is 2. The summed E-state index contributed by atoms with van der Waals surface area (Å²) < 4.78 is 1.66. The van der Waals surface area contributed by atoms with E-state index in [-0.39, 0.29) is 11.5 Å². The molecule has 0 saturated carbocycles. The van der Waals surface area contributed by atoms with E-state index in [1.54, 1.807) is 42.1 Å². The number of hydrogen-bond acceptors (Lipinski definition) is 3. The summed E-state index contributed by atoms with van der Waals surface area (Å²) >= 11 is 0. The normalized spacial score (nSPS) is 10.4. The van der Waals surface area contributed by atoms with E-state index in [4.69, 9.17) is 0 Å². The van der Waals surface area contributed by atoms with Crippen LogP contribution in [-0.2, 0) is 7.05 Å². The molecule has 0 fully saturated rings. The number of nitrogens with zero attached hydrogens (tertiary/aromatic N) is 2. The predicted octanol–water partition coefficient (Wildman–Crippen LogP) is 2.00. The first-order valence-electron chi connectivity index (χ1n) is 4.92. The lowest BCUT2D eigenvalue weighted by Gasteiger charge is -2.01. The molecule has 82 valence electrons. The van der Waals surface area contributed by atoms with Gasteiger partial charge in [0.15, 0.2) is 5.78 Å². The van der Waals surface area contributed by atoms with E-state index < -0.39 is 0 Å². The summed E-state index contributed by atoms with van der Waals surface area (Å²) in [6, 6.07) is 8.53. The van der Waals surface area contributed by atoms with Gasteiger partial charge in [0.25, 0.3) is 0 Å². The van der Waals surface area contributed by atoms with Gasteiger partial charge in [-0.1, -0.05) is 0 Å². The Bertz CT molecular complexity index is 526. The van der Waals surface area contributed by atoms with Gasteiger partial charge in [-0.15, -0.1) is 0 Å². The Morgan fingerprint density at radius 3 is 2.44 bits per heavy atom. The van der Waals surface area contributed by atoms with E-state index in [0.29, 0.717) is 5.69 Å². The van der Waals surface area contributed by atoms with Crippen LogP contribution in [0, 0.1) is 0 Å². The lowest BCUT2D eigenvalue weighted by atomic mass is 10.1. The van der Waals surface area contributed by atoms with Crippen molar-refractivity contribution in [1.29, 1.82) is 0 Å². The highest BCUT2D eigenvalue weighted by molar-refractivity contribution is 5.93. The first-order chi connectivity index (χ1) is 7.58. The van der Waals surface area contributed by atoms with Crippen molar-refractivity contribution in [2.45, 2.75) is 6.92 Å². The molecule has 0 saturated heterocycles. The van der Waals surface area contributed by atoms with E-state index >= 15 is 0 Å². The summed E-state index contributed by atoms with van der Waals surface area (Å²) in [4.78, 5) is 11.2. The van der Waals surface area contributed by atoms with Gasteiger partial charge in [0.2, 0.25) is 0 Å². The van der Waals surface area contributed by atoms with Crippen LogP contribution < -0.4 is 0 Å². The van der Waals surface area contributed by atoms with Gasteiger partial charge < -0.3 is 5.11 Å². The lowest BCUT2D eigenvalue weighted by molar-refractivity contribution is 0.101. The fraction of sp³-hybridized carbons (Fsp3) is 0.167. The molecule has 0 unspecified atom stereocenters. The summed E-state index contributed by atoms with van der Waals surface area (Å²) in [5.74, 6) is 0.165. The molecule has 0 amide bonds. The van der Waals surface area contributed by atoms with E-state index in [1.165, 1.54) is 6.92 Å². The third-order valence-electron chi connectivity index (χ3n) is 2.40. The second kappa shape index (κ2) is 3.81. The number of aromatic hydroxyl groups is 1. The van der Waals surface area contributed by atoms with Gasteiger partial charge in [-0.25, -0.2) is 0 Å². The zero-order chi connectivity index (χ0) is 11.7. The lowest BCUT2D eigenvalue weighted by Crippen LogP contribution is -1.96. The summed E-state index contributed by atoms with van der Waals surface area (Å²) in [6.45, 7) is 1.49. The molecule has 1 aromatic heterocycles. The molecular formula is C12H12N2O2. The fourth-order valence-corrected chi connectivity index (χ4v) is 1.54. The molecule has 0 atom stereocenters. The number of carbonyl (C=O) groups is 1. The maximum Gasteiger partial charge on any atom is 0.180 e. The van der Waals surface area contributed by atoms with Crippen LogP contribution in [0.2, 0.25) is 0 Å². The zero-order valence-electron chi connectivity index (χ0n) is 9.14. The zero-order valence-corrected chi connectivity index (χ0v) is 9.14. The van der Waals surface area contributed by atoms with Gasteiger partial charge in [0, 0.05) is 19.5 Å². The Hall–Kier alpha value is -2.10. The quantitative estimate of drug-likeness (QED) is 0.781. The molecule has 0 spiro atoms. The third kappa shape index (κ3) is 1.82. The van der Waals surface area contributed by atoms with Crippen molar-refractivity contribution >= 4 is 5.78 Å². The van der Waals surface area contributed by atoms with Gasteiger partial charge in [-0.2, -0.15) is 5.10 Å². The van der Waals surface area contributed by atoms with Crippen LogP contribution in [0.15, 0.2) is 30.3 Å². The van der Waals surface area contributed by atoms with Crippen LogP contribution in [-0.4, -0.2) is 20.7 Å². The summed E-state index contributed by atoms with van der Waals surface area (Å²) in [5, 5.41) is 13.3. The molecule has 1 N–H and O–H groups in total. The molecule has 4 nitrogen and oxygen atoms in total. The van der Waals surface area contributed by atoms with Crippen molar-refractivity contribution in [2.75, 3.05) is 0 Å². The Labute approximate surface area is 93.1 Å². The average Bonchev–Trinajstić information content (AvgIpc) is 2.62. The maximum absolute atomic E-state index is 11.2. The molecule has 0 aliphatic rings. The van der Waals surface area contributed by atoms with Crippen molar-refractivity contribution in [1.82, 2.24) is 9.78 Å². The number of rotatable bonds is 2. The number of hydrogen-bond donors (Lipinski definition) is 1. The largest absolute Gasteiger partial charge is 0.508 e. The first-order valence-corrected chi connectivity index (χ1v) is 4.92. The van der Waals surface area contributed by atoms with E-state index in [0.717, 1.165) is 11.3 Å². The summed E-state index contributed by atoms with van der Waals surface area (Å²) in [6.07, 6.45) is 0. The molecule has 2 rings (SSSR count). The Kier molecular flexibility index (Phi) is 2.48. The highest BCUT2D eigenvalue weighted by Gasteiger charge is 2.10. The number of ketones is 1. The van der Waals surface area contributed by atoms with E-state index in [2.05, 4.69) is 5.10 Å². The van der Waals surface area contributed by atoms with Crippen molar-refractivity contribution in [3.63, 3.8) is 0 Å². The van der Waals surface area contributed by atoms with E-state index in [9.17, 15) is 9.90 Å². The highest BCUT2D eigenvalue weighted by Crippen LogP contribution is 2.22. The molecule has 1 heterocycles. The monoisotopic (exact) mass is 216 g/mol. The molecule has 16 heavy (non-hydrogen) atoms. The molecule has 0 bridgehead atoms. The number of Topliss-reactive ketones (excluding diaryl/α,β-unsaturated/α-hetero) is 1. The van der Waals surface area contributed by atoms with Gasteiger partial charge in [0.1, 0.15) is 11.4 Å². The van der Waals surface area contributed by atoms with Gasteiger partial charge in [0.05, 0.1) is 5.69 Å². The second-order valence-electron chi connectivity index (χ2n) is 3.64. The average molecular weight is 216 g/mol. The van der Waals surface area contributed by atoms with Crippen LogP contribution in [0.5, 0.6) is 5.75 Å². The fourth-order valence-electron chi connectivity index (χ4n) is 1.54. The number of carbonyl (C=O) groups excluding carboxylic acids is 1. The highest BCUT2D eigenvalue weighted by atomic mass is 16.3. The molecule has 0 aliphatic carbocycles. The van der Waals surface area contributed by atoms with Crippen LogP contribution >= 0.6 is 0 Å².